The third-order valence-corrected chi connectivity index (χ3v) is 2.04. The van der Waals surface area contributed by atoms with Crippen LogP contribution in [0.2, 0.25) is 0 Å². The topological polar surface area (TPSA) is 34.1 Å². The Hall–Kier alpha value is -0.960. The van der Waals surface area contributed by atoms with Gasteiger partial charge in [0, 0.05) is 17.4 Å². The van der Waals surface area contributed by atoms with Crippen molar-refractivity contribution in [1.29, 1.82) is 0 Å². The summed E-state index contributed by atoms with van der Waals surface area (Å²) in [5, 5.41) is 3.48. The van der Waals surface area contributed by atoms with Crippen LogP contribution in [0.4, 0.5) is 0 Å². The highest BCUT2D eigenvalue weighted by molar-refractivity contribution is 7.08. The van der Waals surface area contributed by atoms with Crippen LogP contribution < -0.4 is 0 Å². The standard InChI is InChI=1S/C8H8O2S/c1-2-7(9)8(10)6-3-4-11-5-6/h3-5H,2H2,1H3. The third-order valence-electron chi connectivity index (χ3n) is 1.36. The monoisotopic (exact) mass is 168 g/mol. The molecule has 0 radical (unpaired) electrons. The van der Waals surface area contributed by atoms with Crippen molar-refractivity contribution in [3.8, 4) is 0 Å². The van der Waals surface area contributed by atoms with Gasteiger partial charge in [-0.2, -0.15) is 11.3 Å². The molecule has 0 bridgehead atoms. The van der Waals surface area contributed by atoms with E-state index in [0.29, 0.717) is 5.56 Å². The van der Waals surface area contributed by atoms with Gasteiger partial charge in [-0.15, -0.1) is 0 Å². The minimum absolute atomic E-state index is 0.286. The van der Waals surface area contributed by atoms with E-state index in [9.17, 15) is 9.59 Å². The molecule has 0 saturated heterocycles. The van der Waals surface area contributed by atoms with Gasteiger partial charge in [0.05, 0.1) is 0 Å². The van der Waals surface area contributed by atoms with Crippen molar-refractivity contribution in [1.82, 2.24) is 0 Å². The molecule has 0 amide bonds. The first kappa shape index (κ1) is 8.14. The average molecular weight is 168 g/mol. The van der Waals surface area contributed by atoms with Gasteiger partial charge in [-0.3, -0.25) is 9.59 Å². The summed E-state index contributed by atoms with van der Waals surface area (Å²) in [6.07, 6.45) is 0.286. The van der Waals surface area contributed by atoms with E-state index in [-0.39, 0.29) is 18.0 Å². The number of carbonyl (C=O) groups is 2. The molecule has 0 N–H and O–H groups in total. The second-order valence-electron chi connectivity index (χ2n) is 2.12. The quantitative estimate of drug-likeness (QED) is 0.510. The highest BCUT2D eigenvalue weighted by atomic mass is 32.1. The van der Waals surface area contributed by atoms with Crippen molar-refractivity contribution in [2.45, 2.75) is 13.3 Å². The Bertz CT molecular complexity index is 262. The lowest BCUT2D eigenvalue weighted by Crippen LogP contribution is -2.11. The molecule has 0 saturated carbocycles. The van der Waals surface area contributed by atoms with Crippen LogP contribution in [0.15, 0.2) is 16.8 Å². The van der Waals surface area contributed by atoms with Crippen molar-refractivity contribution < 1.29 is 9.59 Å². The molecule has 1 heterocycles. The fourth-order valence-corrected chi connectivity index (χ4v) is 1.35. The van der Waals surface area contributed by atoms with Gasteiger partial charge in [0.2, 0.25) is 11.6 Å². The van der Waals surface area contributed by atoms with Gasteiger partial charge in [-0.25, -0.2) is 0 Å². The molecule has 3 heteroatoms. The van der Waals surface area contributed by atoms with E-state index in [1.807, 2.05) is 0 Å². The molecule has 0 aliphatic carbocycles. The number of hydrogen-bond acceptors (Lipinski definition) is 3. The minimum Gasteiger partial charge on any atom is -0.290 e. The Morgan fingerprint density at radius 3 is 2.73 bits per heavy atom. The van der Waals surface area contributed by atoms with Crippen LogP contribution in [0.3, 0.4) is 0 Å². The maximum atomic E-state index is 11.1. The predicted octanol–water partition coefficient (Wildman–Crippen LogP) is 1.91. The molecule has 0 aliphatic heterocycles. The van der Waals surface area contributed by atoms with Gasteiger partial charge in [0.1, 0.15) is 0 Å². The lowest BCUT2D eigenvalue weighted by atomic mass is 10.1. The first-order chi connectivity index (χ1) is 5.25. The number of carbonyl (C=O) groups excluding carboxylic acids is 2. The molecule has 1 aromatic rings. The van der Waals surface area contributed by atoms with Crippen LogP contribution in [0.25, 0.3) is 0 Å². The summed E-state index contributed by atoms with van der Waals surface area (Å²) in [5.41, 5.74) is 0.516. The van der Waals surface area contributed by atoms with E-state index in [4.69, 9.17) is 0 Å². The third kappa shape index (κ3) is 1.74. The maximum absolute atomic E-state index is 11.1. The number of ketones is 2. The van der Waals surface area contributed by atoms with E-state index < -0.39 is 0 Å². The second kappa shape index (κ2) is 3.44. The van der Waals surface area contributed by atoms with Crippen molar-refractivity contribution in [3.63, 3.8) is 0 Å². The van der Waals surface area contributed by atoms with Gasteiger partial charge >= 0.3 is 0 Å². The van der Waals surface area contributed by atoms with Crippen LogP contribution in [0.1, 0.15) is 23.7 Å². The second-order valence-corrected chi connectivity index (χ2v) is 2.90. The van der Waals surface area contributed by atoms with Gasteiger partial charge < -0.3 is 0 Å². The zero-order valence-electron chi connectivity index (χ0n) is 6.16. The Morgan fingerprint density at radius 1 is 1.55 bits per heavy atom. The van der Waals surface area contributed by atoms with Gasteiger partial charge in [-0.1, -0.05) is 6.92 Å². The van der Waals surface area contributed by atoms with Crippen LogP contribution in [0, 0.1) is 0 Å². The number of hydrogen-bond donors (Lipinski definition) is 0. The summed E-state index contributed by atoms with van der Waals surface area (Å²) in [4.78, 5) is 22.0. The normalized spacial score (nSPS) is 9.55. The Labute approximate surface area is 68.9 Å². The fraction of sp³-hybridized carbons (Fsp3) is 0.250. The molecule has 1 aromatic heterocycles. The van der Waals surface area contributed by atoms with Gasteiger partial charge in [0.25, 0.3) is 0 Å². The van der Waals surface area contributed by atoms with Crippen LogP contribution in [0.5, 0.6) is 0 Å². The first-order valence-electron chi connectivity index (χ1n) is 3.35. The van der Waals surface area contributed by atoms with Crippen molar-refractivity contribution in [3.05, 3.63) is 22.4 Å². The van der Waals surface area contributed by atoms with Crippen molar-refractivity contribution in [2.75, 3.05) is 0 Å². The van der Waals surface area contributed by atoms with E-state index in [0.717, 1.165) is 0 Å². The van der Waals surface area contributed by atoms with E-state index >= 15 is 0 Å². The molecule has 11 heavy (non-hydrogen) atoms. The largest absolute Gasteiger partial charge is 0.290 e. The zero-order chi connectivity index (χ0) is 8.27. The van der Waals surface area contributed by atoms with E-state index in [1.54, 1.807) is 23.8 Å². The van der Waals surface area contributed by atoms with Gasteiger partial charge in [-0.05, 0) is 11.4 Å². The molecule has 0 aliphatic rings. The zero-order valence-corrected chi connectivity index (χ0v) is 6.98. The Kier molecular flexibility index (Phi) is 2.54. The molecular weight excluding hydrogens is 160 g/mol. The molecule has 1 rings (SSSR count). The van der Waals surface area contributed by atoms with Crippen molar-refractivity contribution in [2.24, 2.45) is 0 Å². The fourth-order valence-electron chi connectivity index (χ4n) is 0.715. The van der Waals surface area contributed by atoms with Crippen LogP contribution >= 0.6 is 11.3 Å². The summed E-state index contributed by atoms with van der Waals surface area (Å²) < 4.78 is 0. The molecule has 2 nitrogen and oxygen atoms in total. The van der Waals surface area contributed by atoms with Crippen molar-refractivity contribution >= 4 is 22.9 Å². The number of thiophene rings is 1. The number of rotatable bonds is 3. The van der Waals surface area contributed by atoms with Crippen LogP contribution in [-0.2, 0) is 4.79 Å². The molecule has 0 spiro atoms. The summed E-state index contributed by atoms with van der Waals surface area (Å²) in [6, 6.07) is 1.67. The summed E-state index contributed by atoms with van der Waals surface area (Å²) in [5.74, 6) is -0.683. The minimum atomic E-state index is -0.367. The predicted molar refractivity (Wildman–Crippen MR) is 43.9 cm³/mol. The summed E-state index contributed by atoms with van der Waals surface area (Å²) in [6.45, 7) is 1.69. The Morgan fingerprint density at radius 2 is 2.27 bits per heavy atom. The average Bonchev–Trinajstić information content (AvgIpc) is 2.53. The molecule has 58 valence electrons. The first-order valence-corrected chi connectivity index (χ1v) is 4.29. The van der Waals surface area contributed by atoms with E-state index in [2.05, 4.69) is 0 Å². The SMILES string of the molecule is CCC(=O)C(=O)c1ccsc1. The molecule has 0 unspecified atom stereocenters. The highest BCUT2D eigenvalue weighted by Crippen LogP contribution is 2.07. The summed E-state index contributed by atoms with van der Waals surface area (Å²) >= 11 is 1.42. The van der Waals surface area contributed by atoms with Gasteiger partial charge in [0.15, 0.2) is 0 Å². The lowest BCUT2D eigenvalue weighted by Gasteiger charge is -1.90. The molecule has 0 atom stereocenters. The highest BCUT2D eigenvalue weighted by Gasteiger charge is 2.13. The lowest BCUT2D eigenvalue weighted by molar-refractivity contribution is -0.114. The maximum Gasteiger partial charge on any atom is 0.229 e. The number of Topliss-reactive ketones (excluding diaryl/α,β-unsaturated/α-hetero) is 2. The molecule has 0 aromatic carbocycles. The molecule has 0 fully saturated rings. The smallest absolute Gasteiger partial charge is 0.229 e. The molecular formula is C8H8O2S. The van der Waals surface area contributed by atoms with E-state index in [1.165, 1.54) is 11.3 Å². The summed E-state index contributed by atoms with van der Waals surface area (Å²) in [7, 11) is 0. The van der Waals surface area contributed by atoms with Crippen LogP contribution in [-0.4, -0.2) is 11.6 Å². The Balaban J connectivity index is 2.79.